The minimum Gasteiger partial charge on any atom is -0.354 e. The van der Waals surface area contributed by atoms with Crippen LogP contribution in [0.25, 0.3) is 0 Å². The standard InChI is InChI=1S/C26H25ClFN3O3/c27-22-12-5-4-11-21(22)26(34)31-23(19-8-2-1-3-9-19)17-25(33)30-14-13-29-24(32)16-18-7-6-10-20(28)15-18/h1-12,15,23H,13-14,16-17H2,(H,29,32)(H,30,33)(H,31,34). The Morgan fingerprint density at radius 1 is 0.824 bits per heavy atom. The Bertz CT molecular complexity index is 1140. The van der Waals surface area contributed by atoms with Crippen molar-refractivity contribution in [1.82, 2.24) is 16.0 Å². The number of amides is 3. The van der Waals surface area contributed by atoms with Gasteiger partial charge in [0.25, 0.3) is 5.91 Å². The van der Waals surface area contributed by atoms with Gasteiger partial charge in [0.2, 0.25) is 11.8 Å². The third-order valence-corrected chi connectivity index (χ3v) is 5.37. The average Bonchev–Trinajstić information content (AvgIpc) is 2.82. The van der Waals surface area contributed by atoms with Crippen molar-refractivity contribution in [2.24, 2.45) is 0 Å². The van der Waals surface area contributed by atoms with Gasteiger partial charge in [-0.2, -0.15) is 0 Å². The van der Waals surface area contributed by atoms with Crippen molar-refractivity contribution in [2.45, 2.75) is 18.9 Å². The maximum absolute atomic E-state index is 13.2. The number of carbonyl (C=O) groups is 3. The first-order chi connectivity index (χ1) is 16.4. The Hall–Kier alpha value is -3.71. The van der Waals surface area contributed by atoms with Gasteiger partial charge in [-0.1, -0.05) is 66.2 Å². The molecule has 1 unspecified atom stereocenters. The molecular weight excluding hydrogens is 457 g/mol. The van der Waals surface area contributed by atoms with Crippen LogP contribution in [0.2, 0.25) is 5.02 Å². The predicted molar refractivity (Wildman–Crippen MR) is 129 cm³/mol. The number of carbonyl (C=O) groups excluding carboxylic acids is 3. The van der Waals surface area contributed by atoms with Crippen molar-refractivity contribution in [2.75, 3.05) is 13.1 Å². The quantitative estimate of drug-likeness (QED) is 0.385. The number of halogens is 2. The third-order valence-electron chi connectivity index (χ3n) is 5.04. The lowest BCUT2D eigenvalue weighted by molar-refractivity contribution is -0.122. The van der Waals surface area contributed by atoms with Crippen LogP contribution in [0.4, 0.5) is 4.39 Å². The average molecular weight is 482 g/mol. The maximum atomic E-state index is 13.2. The second kappa shape index (κ2) is 12.5. The van der Waals surface area contributed by atoms with Gasteiger partial charge >= 0.3 is 0 Å². The lowest BCUT2D eigenvalue weighted by atomic mass is 10.0. The first-order valence-electron chi connectivity index (χ1n) is 10.8. The summed E-state index contributed by atoms with van der Waals surface area (Å²) in [6.45, 7) is 0.440. The number of hydrogen-bond acceptors (Lipinski definition) is 3. The van der Waals surface area contributed by atoms with Crippen molar-refractivity contribution >= 4 is 29.3 Å². The Morgan fingerprint density at radius 2 is 1.50 bits per heavy atom. The van der Waals surface area contributed by atoms with E-state index in [1.165, 1.54) is 12.1 Å². The van der Waals surface area contributed by atoms with Crippen molar-refractivity contribution in [3.63, 3.8) is 0 Å². The van der Waals surface area contributed by atoms with Gasteiger partial charge in [0.1, 0.15) is 5.82 Å². The summed E-state index contributed by atoms with van der Waals surface area (Å²) in [5.41, 5.74) is 1.68. The zero-order valence-electron chi connectivity index (χ0n) is 18.4. The Labute approximate surface area is 202 Å². The molecule has 1 atom stereocenters. The summed E-state index contributed by atoms with van der Waals surface area (Å²) in [4.78, 5) is 37.3. The third kappa shape index (κ3) is 7.71. The Kier molecular flexibility index (Phi) is 9.17. The van der Waals surface area contributed by atoms with Gasteiger partial charge < -0.3 is 16.0 Å². The summed E-state index contributed by atoms with van der Waals surface area (Å²) in [7, 11) is 0. The van der Waals surface area contributed by atoms with E-state index in [9.17, 15) is 18.8 Å². The molecule has 0 saturated heterocycles. The van der Waals surface area contributed by atoms with Crippen molar-refractivity contribution in [3.8, 4) is 0 Å². The summed E-state index contributed by atoms with van der Waals surface area (Å²) < 4.78 is 13.2. The van der Waals surface area contributed by atoms with Crippen LogP contribution in [0.5, 0.6) is 0 Å². The van der Waals surface area contributed by atoms with Crippen LogP contribution < -0.4 is 16.0 Å². The van der Waals surface area contributed by atoms with Crippen molar-refractivity contribution < 1.29 is 18.8 Å². The van der Waals surface area contributed by atoms with E-state index in [1.54, 1.807) is 36.4 Å². The van der Waals surface area contributed by atoms with Gasteiger partial charge in [-0.3, -0.25) is 14.4 Å². The molecule has 3 rings (SSSR count). The number of hydrogen-bond donors (Lipinski definition) is 3. The number of benzene rings is 3. The molecule has 3 aromatic carbocycles. The largest absolute Gasteiger partial charge is 0.354 e. The van der Waals surface area contributed by atoms with E-state index >= 15 is 0 Å². The Balaban J connectivity index is 1.50. The first-order valence-corrected chi connectivity index (χ1v) is 11.2. The molecule has 0 aromatic heterocycles. The molecule has 0 aliphatic heterocycles. The molecule has 0 bridgehead atoms. The van der Waals surface area contributed by atoms with E-state index in [0.29, 0.717) is 16.1 Å². The fourth-order valence-corrected chi connectivity index (χ4v) is 3.60. The van der Waals surface area contributed by atoms with Crippen LogP contribution in [-0.4, -0.2) is 30.8 Å². The van der Waals surface area contributed by atoms with E-state index < -0.39 is 11.9 Å². The van der Waals surface area contributed by atoms with Crippen LogP contribution >= 0.6 is 11.6 Å². The molecule has 3 N–H and O–H groups in total. The molecule has 3 amide bonds. The molecule has 34 heavy (non-hydrogen) atoms. The minimum atomic E-state index is -0.562. The number of rotatable bonds is 10. The lowest BCUT2D eigenvalue weighted by Gasteiger charge is -2.19. The fourth-order valence-electron chi connectivity index (χ4n) is 3.38. The highest BCUT2D eigenvalue weighted by atomic mass is 35.5. The monoisotopic (exact) mass is 481 g/mol. The minimum absolute atomic E-state index is 0.0114. The maximum Gasteiger partial charge on any atom is 0.253 e. The first kappa shape index (κ1) is 24.9. The van der Waals surface area contributed by atoms with Gasteiger partial charge in [-0.25, -0.2) is 4.39 Å². The summed E-state index contributed by atoms with van der Waals surface area (Å²) in [6.07, 6.45) is 0.0628. The highest BCUT2D eigenvalue weighted by Crippen LogP contribution is 2.20. The van der Waals surface area contributed by atoms with E-state index in [2.05, 4.69) is 16.0 Å². The molecule has 8 heteroatoms. The number of nitrogens with one attached hydrogen (secondary N) is 3. The van der Waals surface area contributed by atoms with Gasteiger partial charge in [-0.15, -0.1) is 0 Å². The van der Waals surface area contributed by atoms with Crippen LogP contribution in [0.3, 0.4) is 0 Å². The Morgan fingerprint density at radius 3 is 2.21 bits per heavy atom. The molecule has 6 nitrogen and oxygen atoms in total. The molecule has 176 valence electrons. The smallest absolute Gasteiger partial charge is 0.253 e. The zero-order chi connectivity index (χ0) is 24.3. The van der Waals surface area contributed by atoms with Crippen LogP contribution in [-0.2, 0) is 16.0 Å². The molecule has 0 aliphatic carbocycles. The fraction of sp³-hybridized carbons (Fsp3) is 0.192. The SMILES string of the molecule is O=C(Cc1cccc(F)c1)NCCNC(=O)CC(NC(=O)c1ccccc1Cl)c1ccccc1. The molecule has 0 heterocycles. The summed E-state index contributed by atoms with van der Waals surface area (Å²) in [5, 5.41) is 8.64. The lowest BCUT2D eigenvalue weighted by Crippen LogP contribution is -2.38. The van der Waals surface area contributed by atoms with Gasteiger partial charge in [0.05, 0.1) is 29.5 Å². The molecule has 0 spiro atoms. The molecule has 3 aromatic rings. The van der Waals surface area contributed by atoms with Crippen LogP contribution in [0, 0.1) is 5.82 Å². The highest BCUT2D eigenvalue weighted by Gasteiger charge is 2.20. The summed E-state index contributed by atoms with van der Waals surface area (Å²) >= 11 is 6.13. The summed E-state index contributed by atoms with van der Waals surface area (Å²) in [6, 6.07) is 21.1. The topological polar surface area (TPSA) is 87.3 Å². The zero-order valence-corrected chi connectivity index (χ0v) is 19.1. The van der Waals surface area contributed by atoms with E-state index in [-0.39, 0.29) is 43.7 Å². The van der Waals surface area contributed by atoms with Crippen LogP contribution in [0.1, 0.15) is 33.9 Å². The van der Waals surface area contributed by atoms with Gasteiger partial charge in [0.15, 0.2) is 0 Å². The van der Waals surface area contributed by atoms with E-state index in [0.717, 1.165) is 5.56 Å². The normalized spacial score (nSPS) is 11.4. The second-order valence-electron chi connectivity index (χ2n) is 7.63. The highest BCUT2D eigenvalue weighted by molar-refractivity contribution is 6.33. The molecule has 0 aliphatic rings. The van der Waals surface area contributed by atoms with Crippen LogP contribution in [0.15, 0.2) is 78.9 Å². The molecule has 0 radical (unpaired) electrons. The van der Waals surface area contributed by atoms with Gasteiger partial charge in [-0.05, 0) is 35.4 Å². The van der Waals surface area contributed by atoms with E-state index in [4.69, 9.17) is 11.6 Å². The second-order valence-corrected chi connectivity index (χ2v) is 8.03. The molecule has 0 saturated carbocycles. The van der Waals surface area contributed by atoms with Crippen molar-refractivity contribution in [3.05, 3.63) is 106 Å². The van der Waals surface area contributed by atoms with E-state index in [1.807, 2.05) is 30.3 Å². The molecule has 0 fully saturated rings. The van der Waals surface area contributed by atoms with Crippen molar-refractivity contribution in [1.29, 1.82) is 0 Å². The molecular formula is C26H25ClFN3O3. The van der Waals surface area contributed by atoms with Gasteiger partial charge in [0, 0.05) is 13.1 Å². The summed E-state index contributed by atoms with van der Waals surface area (Å²) in [5.74, 6) is -1.33. The predicted octanol–water partition coefficient (Wildman–Crippen LogP) is 3.82.